The number of carbonyl (C=O) groups is 2. The molecule has 0 saturated carbocycles. The summed E-state index contributed by atoms with van der Waals surface area (Å²) in [5, 5.41) is 0. The number of aromatic amines is 1. The Hall–Kier alpha value is -2.89. The average Bonchev–Trinajstić information content (AvgIpc) is 2.91. The van der Waals surface area contributed by atoms with E-state index in [0.29, 0.717) is 22.6 Å². The van der Waals surface area contributed by atoms with Crippen LogP contribution in [0.2, 0.25) is 0 Å². The Balaban J connectivity index is 2.40. The third-order valence-corrected chi connectivity index (χ3v) is 2.94. The van der Waals surface area contributed by atoms with Crippen molar-refractivity contribution in [3.63, 3.8) is 0 Å². The quantitative estimate of drug-likeness (QED) is 0.666. The van der Waals surface area contributed by atoms with Crippen molar-refractivity contribution in [1.29, 1.82) is 0 Å². The molecule has 0 bridgehead atoms. The van der Waals surface area contributed by atoms with Gasteiger partial charge in [-0.1, -0.05) is 12.1 Å². The van der Waals surface area contributed by atoms with E-state index in [1.165, 1.54) is 7.11 Å². The van der Waals surface area contributed by atoms with Crippen molar-refractivity contribution in [2.75, 3.05) is 7.11 Å². The van der Waals surface area contributed by atoms with Crippen molar-refractivity contribution < 1.29 is 14.3 Å². The van der Waals surface area contributed by atoms with Gasteiger partial charge >= 0.3 is 5.97 Å². The van der Waals surface area contributed by atoms with Crippen LogP contribution in [0.1, 0.15) is 27.6 Å². The minimum atomic E-state index is -0.552. The molecule has 0 atom stereocenters. The first-order chi connectivity index (χ1) is 10.1. The molecule has 1 aromatic heterocycles. The first-order valence-corrected chi connectivity index (χ1v) is 6.27. The van der Waals surface area contributed by atoms with E-state index in [-0.39, 0.29) is 0 Å². The van der Waals surface area contributed by atoms with Crippen LogP contribution in [0.25, 0.3) is 11.3 Å². The fourth-order valence-electron chi connectivity index (χ4n) is 1.92. The van der Waals surface area contributed by atoms with Crippen molar-refractivity contribution in [2.45, 2.75) is 6.92 Å². The van der Waals surface area contributed by atoms with Gasteiger partial charge in [0.1, 0.15) is 5.82 Å². The van der Waals surface area contributed by atoms with Crippen molar-refractivity contribution in [3.05, 3.63) is 41.5 Å². The molecule has 6 heteroatoms. The predicted molar refractivity (Wildman–Crippen MR) is 79.9 cm³/mol. The Bertz CT molecular complexity index is 699. The van der Waals surface area contributed by atoms with Gasteiger partial charge < -0.3 is 15.5 Å². The number of amides is 1. The Morgan fingerprint density at radius 2 is 1.95 bits per heavy atom. The van der Waals surface area contributed by atoms with Gasteiger partial charge in [0, 0.05) is 11.9 Å². The highest BCUT2D eigenvalue weighted by Gasteiger charge is 2.13. The fraction of sp³-hybridized carbons (Fsp3) is 0.133. The van der Waals surface area contributed by atoms with E-state index in [4.69, 9.17) is 5.73 Å². The predicted octanol–water partition coefficient (Wildman–Crippen LogP) is 2.29. The number of methoxy groups -OCH3 is 1. The lowest BCUT2D eigenvalue weighted by atomic mass is 10.1. The second-order valence-electron chi connectivity index (χ2n) is 4.27. The number of benzene rings is 1. The number of carbonyl (C=O) groups excluding carboxylic acids is 2. The molecule has 0 fully saturated rings. The number of H-pyrrole nitrogens is 1. The molecular formula is C15H15N3O3. The maximum absolute atomic E-state index is 11.4. The minimum Gasteiger partial charge on any atom is -0.465 e. The number of aliphatic imine (C=N–C) groups is 1. The van der Waals surface area contributed by atoms with Gasteiger partial charge in [-0.2, -0.15) is 0 Å². The van der Waals surface area contributed by atoms with Crippen LogP contribution in [0, 0.1) is 0 Å². The van der Waals surface area contributed by atoms with Crippen LogP contribution in [0.4, 0.5) is 5.82 Å². The Labute approximate surface area is 121 Å². The standard InChI is InChI=1S/C15H15N3O3/c1-3-17-14-11(13(16)19)8-12(18-14)9-4-6-10(7-5-9)15(20)21-2/h3-8,18H,1-2H3,(H2,16,19). The van der Waals surface area contributed by atoms with E-state index in [1.807, 2.05) is 0 Å². The second-order valence-corrected chi connectivity index (χ2v) is 4.27. The number of hydrogen-bond donors (Lipinski definition) is 2. The summed E-state index contributed by atoms with van der Waals surface area (Å²) in [6.07, 6.45) is 1.57. The van der Waals surface area contributed by atoms with Crippen LogP contribution in [0.15, 0.2) is 35.3 Å². The summed E-state index contributed by atoms with van der Waals surface area (Å²) in [4.78, 5) is 29.9. The fourth-order valence-corrected chi connectivity index (χ4v) is 1.92. The summed E-state index contributed by atoms with van der Waals surface area (Å²) < 4.78 is 4.64. The van der Waals surface area contributed by atoms with E-state index >= 15 is 0 Å². The number of hydrogen-bond acceptors (Lipinski definition) is 4. The summed E-state index contributed by atoms with van der Waals surface area (Å²) in [6.45, 7) is 1.75. The van der Waals surface area contributed by atoms with Crippen molar-refractivity contribution in [1.82, 2.24) is 4.98 Å². The molecule has 0 radical (unpaired) electrons. The normalized spacial score (nSPS) is 10.8. The molecule has 0 spiro atoms. The van der Waals surface area contributed by atoms with Crippen LogP contribution in [-0.2, 0) is 4.74 Å². The molecule has 108 valence electrons. The van der Waals surface area contributed by atoms with Gasteiger partial charge in [0.25, 0.3) is 5.91 Å². The monoisotopic (exact) mass is 285 g/mol. The molecule has 21 heavy (non-hydrogen) atoms. The molecule has 0 aliphatic rings. The summed E-state index contributed by atoms with van der Waals surface area (Å²) in [7, 11) is 1.33. The van der Waals surface area contributed by atoms with Gasteiger partial charge in [0.15, 0.2) is 0 Å². The van der Waals surface area contributed by atoms with Gasteiger partial charge in [-0.05, 0) is 30.7 Å². The number of nitrogens with one attached hydrogen (secondary N) is 1. The molecule has 6 nitrogen and oxygen atoms in total. The zero-order chi connectivity index (χ0) is 15.4. The lowest BCUT2D eigenvalue weighted by Crippen LogP contribution is -2.09. The summed E-state index contributed by atoms with van der Waals surface area (Å²) in [5.74, 6) is -0.538. The molecule has 1 amide bonds. The van der Waals surface area contributed by atoms with E-state index in [9.17, 15) is 9.59 Å². The van der Waals surface area contributed by atoms with Gasteiger partial charge in [-0.25, -0.2) is 9.79 Å². The molecule has 1 aromatic carbocycles. The smallest absolute Gasteiger partial charge is 0.337 e. The average molecular weight is 285 g/mol. The largest absolute Gasteiger partial charge is 0.465 e. The van der Waals surface area contributed by atoms with E-state index in [2.05, 4.69) is 14.7 Å². The topological polar surface area (TPSA) is 97.5 Å². The number of rotatable bonds is 4. The molecule has 3 N–H and O–H groups in total. The summed E-state index contributed by atoms with van der Waals surface area (Å²) >= 11 is 0. The zero-order valence-electron chi connectivity index (χ0n) is 11.7. The SMILES string of the molecule is CC=Nc1[nH]c(-c2ccc(C(=O)OC)cc2)cc1C(N)=O. The minimum absolute atomic E-state index is 0.320. The highest BCUT2D eigenvalue weighted by molar-refractivity contribution is 5.99. The van der Waals surface area contributed by atoms with Crippen molar-refractivity contribution in [3.8, 4) is 11.3 Å². The highest BCUT2D eigenvalue weighted by atomic mass is 16.5. The number of esters is 1. The first-order valence-electron chi connectivity index (χ1n) is 6.27. The summed E-state index contributed by atoms with van der Waals surface area (Å²) in [6, 6.07) is 8.44. The number of nitrogens with zero attached hydrogens (tertiary/aromatic N) is 1. The highest BCUT2D eigenvalue weighted by Crippen LogP contribution is 2.27. The lowest BCUT2D eigenvalue weighted by molar-refractivity contribution is 0.0600. The van der Waals surface area contributed by atoms with E-state index < -0.39 is 11.9 Å². The van der Waals surface area contributed by atoms with E-state index in [1.54, 1.807) is 43.5 Å². The number of nitrogens with two attached hydrogens (primary N) is 1. The molecule has 1 heterocycles. The molecular weight excluding hydrogens is 270 g/mol. The molecule has 0 aliphatic carbocycles. The first kappa shape index (κ1) is 14.5. The maximum Gasteiger partial charge on any atom is 0.337 e. The van der Waals surface area contributed by atoms with Gasteiger partial charge in [-0.15, -0.1) is 0 Å². The number of aromatic nitrogens is 1. The van der Waals surface area contributed by atoms with Crippen molar-refractivity contribution in [2.24, 2.45) is 10.7 Å². The van der Waals surface area contributed by atoms with Gasteiger partial charge in [0.05, 0.1) is 18.2 Å². The van der Waals surface area contributed by atoms with E-state index in [0.717, 1.165) is 5.56 Å². The number of ether oxygens (including phenoxy) is 1. The third kappa shape index (κ3) is 3.00. The lowest BCUT2D eigenvalue weighted by Gasteiger charge is -2.01. The molecule has 0 aliphatic heterocycles. The Morgan fingerprint density at radius 3 is 2.48 bits per heavy atom. The van der Waals surface area contributed by atoms with Crippen LogP contribution >= 0.6 is 0 Å². The molecule has 2 aromatic rings. The zero-order valence-corrected chi connectivity index (χ0v) is 11.7. The van der Waals surface area contributed by atoms with Gasteiger partial charge in [0.2, 0.25) is 0 Å². The summed E-state index contributed by atoms with van der Waals surface area (Å²) in [5.41, 5.74) is 7.60. The van der Waals surface area contributed by atoms with Crippen LogP contribution < -0.4 is 5.73 Å². The molecule has 0 unspecified atom stereocenters. The van der Waals surface area contributed by atoms with Crippen LogP contribution in [0.3, 0.4) is 0 Å². The van der Waals surface area contributed by atoms with Crippen LogP contribution in [-0.4, -0.2) is 30.2 Å². The van der Waals surface area contributed by atoms with Crippen molar-refractivity contribution >= 4 is 23.9 Å². The molecule has 2 rings (SSSR count). The number of primary amides is 1. The second kappa shape index (κ2) is 6.04. The van der Waals surface area contributed by atoms with Crippen LogP contribution in [0.5, 0.6) is 0 Å². The molecule has 0 saturated heterocycles. The third-order valence-electron chi connectivity index (χ3n) is 2.94. The van der Waals surface area contributed by atoms with Gasteiger partial charge in [-0.3, -0.25) is 4.79 Å². The Kier molecular flexibility index (Phi) is 4.18. The Morgan fingerprint density at radius 1 is 1.29 bits per heavy atom. The maximum atomic E-state index is 11.4.